The van der Waals surface area contributed by atoms with Gasteiger partial charge in [-0.25, -0.2) is 0 Å². The predicted molar refractivity (Wildman–Crippen MR) is 88.4 cm³/mol. The lowest BCUT2D eigenvalue weighted by molar-refractivity contribution is 0.404. The van der Waals surface area contributed by atoms with Crippen molar-refractivity contribution in [3.63, 3.8) is 0 Å². The standard InChI is InChI=1S/C18H30N2/c1-4-15-8-7-13-20(14-15)17-11-9-16(10-12-17)18(5-2)19-6-3/h9-12,15,18-19H,4-8,13-14H2,1-3H3. The van der Waals surface area contributed by atoms with Gasteiger partial charge in [-0.2, -0.15) is 0 Å². The van der Waals surface area contributed by atoms with Gasteiger partial charge in [-0.3, -0.25) is 0 Å². The monoisotopic (exact) mass is 274 g/mol. The summed E-state index contributed by atoms with van der Waals surface area (Å²) in [6, 6.07) is 9.74. The number of rotatable bonds is 6. The van der Waals surface area contributed by atoms with Crippen LogP contribution in [0.4, 0.5) is 5.69 Å². The van der Waals surface area contributed by atoms with Gasteiger partial charge in [-0.1, -0.05) is 39.3 Å². The molecule has 2 rings (SSSR count). The van der Waals surface area contributed by atoms with Crippen LogP contribution in [0.15, 0.2) is 24.3 Å². The summed E-state index contributed by atoms with van der Waals surface area (Å²) in [5.41, 5.74) is 2.82. The van der Waals surface area contributed by atoms with E-state index >= 15 is 0 Å². The lowest BCUT2D eigenvalue weighted by Gasteiger charge is -2.34. The molecule has 0 radical (unpaired) electrons. The molecule has 20 heavy (non-hydrogen) atoms. The Labute approximate surface area is 124 Å². The van der Waals surface area contributed by atoms with Gasteiger partial charge in [0.05, 0.1) is 0 Å². The average Bonchev–Trinajstić information content (AvgIpc) is 2.53. The zero-order chi connectivity index (χ0) is 14.4. The van der Waals surface area contributed by atoms with Crippen molar-refractivity contribution in [1.82, 2.24) is 5.32 Å². The highest BCUT2D eigenvalue weighted by atomic mass is 15.1. The minimum absolute atomic E-state index is 0.499. The van der Waals surface area contributed by atoms with Gasteiger partial charge in [-0.05, 0) is 49.4 Å². The fourth-order valence-electron chi connectivity index (χ4n) is 3.29. The van der Waals surface area contributed by atoms with Crippen molar-refractivity contribution in [2.45, 2.75) is 52.5 Å². The molecule has 1 aliphatic rings. The van der Waals surface area contributed by atoms with Gasteiger partial charge in [-0.15, -0.1) is 0 Å². The number of hydrogen-bond donors (Lipinski definition) is 1. The highest BCUT2D eigenvalue weighted by molar-refractivity contribution is 5.48. The first-order chi connectivity index (χ1) is 9.78. The molecular weight excluding hydrogens is 244 g/mol. The van der Waals surface area contributed by atoms with E-state index in [1.165, 1.54) is 43.6 Å². The molecule has 1 aromatic carbocycles. The molecule has 2 nitrogen and oxygen atoms in total. The van der Waals surface area contributed by atoms with Gasteiger partial charge in [0.1, 0.15) is 0 Å². The number of anilines is 1. The second-order valence-electron chi connectivity index (χ2n) is 5.97. The SMILES string of the molecule is CCNC(CC)c1ccc(N2CCCC(CC)C2)cc1. The quantitative estimate of drug-likeness (QED) is 0.828. The molecule has 1 heterocycles. The third-order valence-corrected chi connectivity index (χ3v) is 4.62. The van der Waals surface area contributed by atoms with Crippen LogP contribution in [0.3, 0.4) is 0 Å². The molecule has 0 aromatic heterocycles. The Morgan fingerprint density at radius 1 is 1.20 bits per heavy atom. The van der Waals surface area contributed by atoms with Crippen LogP contribution in [0.25, 0.3) is 0 Å². The first-order valence-electron chi connectivity index (χ1n) is 8.36. The summed E-state index contributed by atoms with van der Waals surface area (Å²) in [7, 11) is 0. The molecule has 0 spiro atoms. The first-order valence-corrected chi connectivity index (χ1v) is 8.36. The molecule has 0 amide bonds. The van der Waals surface area contributed by atoms with Crippen molar-refractivity contribution in [2.24, 2.45) is 5.92 Å². The minimum Gasteiger partial charge on any atom is -0.371 e. The summed E-state index contributed by atoms with van der Waals surface area (Å²) in [5, 5.41) is 3.55. The normalized spacial score (nSPS) is 20.9. The Bertz CT molecular complexity index is 385. The summed E-state index contributed by atoms with van der Waals surface area (Å²) in [4.78, 5) is 2.57. The van der Waals surface area contributed by atoms with Gasteiger partial charge in [0, 0.05) is 24.8 Å². The maximum atomic E-state index is 3.55. The number of nitrogens with one attached hydrogen (secondary N) is 1. The van der Waals surface area contributed by atoms with Gasteiger partial charge in [0.2, 0.25) is 0 Å². The maximum absolute atomic E-state index is 3.55. The molecule has 2 atom stereocenters. The van der Waals surface area contributed by atoms with Crippen LogP contribution < -0.4 is 10.2 Å². The largest absolute Gasteiger partial charge is 0.371 e. The maximum Gasteiger partial charge on any atom is 0.0366 e. The van der Waals surface area contributed by atoms with E-state index in [-0.39, 0.29) is 0 Å². The first kappa shape index (κ1) is 15.4. The van der Waals surface area contributed by atoms with E-state index in [0.717, 1.165) is 18.9 Å². The summed E-state index contributed by atoms with van der Waals surface area (Å²) in [5.74, 6) is 0.883. The van der Waals surface area contributed by atoms with E-state index in [2.05, 4.69) is 55.3 Å². The summed E-state index contributed by atoms with van der Waals surface area (Å²) in [6.45, 7) is 10.2. The second-order valence-corrected chi connectivity index (χ2v) is 5.97. The fourth-order valence-corrected chi connectivity index (χ4v) is 3.29. The van der Waals surface area contributed by atoms with Crippen LogP contribution in [0.5, 0.6) is 0 Å². The van der Waals surface area contributed by atoms with Crippen LogP contribution in [0, 0.1) is 5.92 Å². The Kier molecular flexibility index (Phi) is 5.90. The molecule has 1 N–H and O–H groups in total. The molecule has 2 unspecified atom stereocenters. The molecule has 0 aliphatic carbocycles. The Balaban J connectivity index is 2.03. The van der Waals surface area contributed by atoms with Gasteiger partial charge < -0.3 is 10.2 Å². The van der Waals surface area contributed by atoms with Crippen LogP contribution in [-0.2, 0) is 0 Å². The molecule has 1 fully saturated rings. The van der Waals surface area contributed by atoms with Crippen molar-refractivity contribution in [3.05, 3.63) is 29.8 Å². The Morgan fingerprint density at radius 2 is 1.95 bits per heavy atom. The van der Waals surface area contributed by atoms with Gasteiger partial charge in [0.25, 0.3) is 0 Å². The Hall–Kier alpha value is -1.02. The van der Waals surface area contributed by atoms with Crippen LogP contribution in [-0.4, -0.2) is 19.6 Å². The number of nitrogens with zero attached hydrogens (tertiary/aromatic N) is 1. The molecule has 0 bridgehead atoms. The van der Waals surface area contributed by atoms with Crippen LogP contribution >= 0.6 is 0 Å². The topological polar surface area (TPSA) is 15.3 Å². The zero-order valence-electron chi connectivity index (χ0n) is 13.4. The number of benzene rings is 1. The fraction of sp³-hybridized carbons (Fsp3) is 0.667. The average molecular weight is 274 g/mol. The van der Waals surface area contributed by atoms with E-state index in [9.17, 15) is 0 Å². The summed E-state index contributed by atoms with van der Waals surface area (Å²) >= 11 is 0. The van der Waals surface area contributed by atoms with E-state index < -0.39 is 0 Å². The molecule has 1 saturated heterocycles. The van der Waals surface area contributed by atoms with Crippen molar-refractivity contribution in [3.8, 4) is 0 Å². The molecule has 112 valence electrons. The number of hydrogen-bond acceptors (Lipinski definition) is 2. The highest BCUT2D eigenvalue weighted by Crippen LogP contribution is 2.26. The van der Waals surface area contributed by atoms with Crippen molar-refractivity contribution in [1.29, 1.82) is 0 Å². The Morgan fingerprint density at radius 3 is 2.55 bits per heavy atom. The molecule has 2 heteroatoms. The lowest BCUT2D eigenvalue weighted by atomic mass is 9.95. The van der Waals surface area contributed by atoms with Gasteiger partial charge in [0.15, 0.2) is 0 Å². The number of piperidine rings is 1. The third-order valence-electron chi connectivity index (χ3n) is 4.62. The highest BCUT2D eigenvalue weighted by Gasteiger charge is 2.18. The van der Waals surface area contributed by atoms with Gasteiger partial charge >= 0.3 is 0 Å². The van der Waals surface area contributed by atoms with Crippen molar-refractivity contribution >= 4 is 5.69 Å². The van der Waals surface area contributed by atoms with E-state index in [1.807, 2.05) is 0 Å². The summed E-state index contributed by atoms with van der Waals surface area (Å²) < 4.78 is 0. The van der Waals surface area contributed by atoms with Crippen molar-refractivity contribution < 1.29 is 0 Å². The molecule has 1 aromatic rings. The second kappa shape index (κ2) is 7.68. The minimum atomic E-state index is 0.499. The predicted octanol–water partition coefficient (Wildman–Crippen LogP) is 4.37. The summed E-state index contributed by atoms with van der Waals surface area (Å²) in [6.07, 6.45) is 5.21. The smallest absolute Gasteiger partial charge is 0.0366 e. The molecule has 0 saturated carbocycles. The van der Waals surface area contributed by atoms with E-state index in [4.69, 9.17) is 0 Å². The molecular formula is C18H30N2. The van der Waals surface area contributed by atoms with E-state index in [0.29, 0.717) is 6.04 Å². The van der Waals surface area contributed by atoms with E-state index in [1.54, 1.807) is 0 Å². The van der Waals surface area contributed by atoms with Crippen LogP contribution in [0.2, 0.25) is 0 Å². The van der Waals surface area contributed by atoms with Crippen molar-refractivity contribution in [2.75, 3.05) is 24.5 Å². The van der Waals surface area contributed by atoms with Crippen LogP contribution in [0.1, 0.15) is 58.1 Å². The zero-order valence-corrected chi connectivity index (χ0v) is 13.4. The molecule has 1 aliphatic heterocycles. The third kappa shape index (κ3) is 3.76. The lowest BCUT2D eigenvalue weighted by Crippen LogP contribution is -2.35.